The van der Waals surface area contributed by atoms with Crippen molar-refractivity contribution >= 4 is 11.8 Å². The van der Waals surface area contributed by atoms with Crippen molar-refractivity contribution in [3.8, 4) is 12.0 Å². The lowest BCUT2D eigenvalue weighted by Crippen LogP contribution is -2.59. The van der Waals surface area contributed by atoms with Gasteiger partial charge in [0, 0.05) is 32.5 Å². The molecular weight excluding hydrogens is 286 g/mol. The highest BCUT2D eigenvalue weighted by Gasteiger charge is 2.32. The fraction of sp³-hybridized carbons (Fsp3) is 0.462. The second-order valence-electron chi connectivity index (χ2n) is 4.84. The van der Waals surface area contributed by atoms with Crippen LogP contribution < -0.4 is 19.3 Å². The van der Waals surface area contributed by atoms with Crippen molar-refractivity contribution < 1.29 is 9.47 Å². The zero-order valence-electron chi connectivity index (χ0n) is 12.7. The van der Waals surface area contributed by atoms with E-state index in [0.717, 1.165) is 18.9 Å². The summed E-state index contributed by atoms with van der Waals surface area (Å²) in [6, 6.07) is 0.747. The van der Waals surface area contributed by atoms with Crippen molar-refractivity contribution in [2.24, 2.45) is 0 Å². The minimum Gasteiger partial charge on any atom is -0.467 e. The van der Waals surface area contributed by atoms with Gasteiger partial charge in [0.2, 0.25) is 5.95 Å². The normalized spacial score (nSPS) is 14.4. The van der Waals surface area contributed by atoms with E-state index in [9.17, 15) is 0 Å². The Morgan fingerprint density at radius 2 is 1.77 bits per heavy atom. The predicted octanol–water partition coefficient (Wildman–Crippen LogP) is 0.00380. The van der Waals surface area contributed by atoms with E-state index in [1.807, 2.05) is 11.9 Å². The second kappa shape index (κ2) is 5.96. The Bertz CT molecular complexity index is 611. The molecule has 0 aliphatic carbocycles. The minimum atomic E-state index is 0.235. The molecule has 0 unspecified atom stereocenters. The second-order valence-corrected chi connectivity index (χ2v) is 4.84. The van der Waals surface area contributed by atoms with Crippen LogP contribution in [0.2, 0.25) is 0 Å². The molecule has 3 heterocycles. The van der Waals surface area contributed by atoms with Crippen LogP contribution in [0.25, 0.3) is 0 Å². The Kier molecular flexibility index (Phi) is 3.86. The lowest BCUT2D eigenvalue weighted by molar-refractivity contribution is 0.338. The van der Waals surface area contributed by atoms with E-state index in [1.54, 1.807) is 18.6 Å². The van der Waals surface area contributed by atoms with E-state index in [4.69, 9.17) is 9.47 Å². The molecule has 0 atom stereocenters. The fourth-order valence-electron chi connectivity index (χ4n) is 2.17. The standard InChI is InChI=1S/C13H17N7O2/c1-19(11-16-12(21-2)18-13(17-11)22-3)9-7-20(8-9)10-6-14-4-5-15-10/h4-6,9H,7-8H2,1-3H3. The van der Waals surface area contributed by atoms with Gasteiger partial charge in [-0.05, 0) is 0 Å². The molecule has 0 spiro atoms. The highest BCUT2D eigenvalue weighted by atomic mass is 16.5. The number of rotatable bonds is 5. The molecule has 2 aromatic heterocycles. The minimum absolute atomic E-state index is 0.235. The van der Waals surface area contributed by atoms with Gasteiger partial charge in [0.15, 0.2) is 0 Å². The molecule has 0 bridgehead atoms. The molecule has 0 saturated carbocycles. The molecule has 0 radical (unpaired) electrons. The molecule has 0 N–H and O–H groups in total. The van der Waals surface area contributed by atoms with Gasteiger partial charge >= 0.3 is 12.0 Å². The monoisotopic (exact) mass is 303 g/mol. The number of likely N-dealkylation sites (N-methyl/N-ethyl adjacent to an activating group) is 1. The topological polar surface area (TPSA) is 89.4 Å². The quantitative estimate of drug-likeness (QED) is 0.757. The van der Waals surface area contributed by atoms with Crippen molar-refractivity contribution in [1.29, 1.82) is 0 Å². The number of hydrogen-bond acceptors (Lipinski definition) is 9. The molecule has 1 aliphatic rings. The van der Waals surface area contributed by atoms with Gasteiger partial charge in [-0.15, -0.1) is 4.98 Å². The fourth-order valence-corrected chi connectivity index (χ4v) is 2.17. The molecule has 116 valence electrons. The van der Waals surface area contributed by atoms with Crippen LogP contribution in [0, 0.1) is 0 Å². The molecule has 9 nitrogen and oxygen atoms in total. The van der Waals surface area contributed by atoms with Crippen molar-refractivity contribution in [3.63, 3.8) is 0 Å². The maximum Gasteiger partial charge on any atom is 0.324 e. The Labute approximate surface area is 128 Å². The Morgan fingerprint density at radius 1 is 1.09 bits per heavy atom. The zero-order valence-corrected chi connectivity index (χ0v) is 12.7. The number of methoxy groups -OCH3 is 2. The van der Waals surface area contributed by atoms with Gasteiger partial charge in [-0.1, -0.05) is 0 Å². The van der Waals surface area contributed by atoms with Gasteiger partial charge in [0.1, 0.15) is 5.82 Å². The molecule has 22 heavy (non-hydrogen) atoms. The summed E-state index contributed by atoms with van der Waals surface area (Å²) in [6.07, 6.45) is 5.11. The van der Waals surface area contributed by atoms with Gasteiger partial charge in [0.05, 0.1) is 26.5 Å². The third-order valence-electron chi connectivity index (χ3n) is 3.55. The molecule has 1 fully saturated rings. The molecule has 9 heteroatoms. The largest absolute Gasteiger partial charge is 0.467 e. The number of anilines is 2. The Balaban J connectivity index is 1.69. The van der Waals surface area contributed by atoms with Crippen LogP contribution in [0.5, 0.6) is 12.0 Å². The number of aromatic nitrogens is 5. The predicted molar refractivity (Wildman–Crippen MR) is 79.4 cm³/mol. The lowest BCUT2D eigenvalue weighted by Gasteiger charge is -2.44. The van der Waals surface area contributed by atoms with E-state index in [0.29, 0.717) is 5.95 Å². The van der Waals surface area contributed by atoms with Crippen LogP contribution in [0.4, 0.5) is 11.8 Å². The maximum absolute atomic E-state index is 5.07. The Hall–Kier alpha value is -2.71. The number of nitrogens with zero attached hydrogens (tertiary/aromatic N) is 7. The molecule has 0 aromatic carbocycles. The first-order valence-electron chi connectivity index (χ1n) is 6.79. The smallest absolute Gasteiger partial charge is 0.324 e. The molecular formula is C13H17N7O2. The summed E-state index contributed by atoms with van der Waals surface area (Å²) >= 11 is 0. The maximum atomic E-state index is 5.07. The third kappa shape index (κ3) is 2.69. The van der Waals surface area contributed by atoms with Crippen LogP contribution in [0.3, 0.4) is 0 Å². The van der Waals surface area contributed by atoms with Crippen molar-refractivity contribution in [3.05, 3.63) is 18.6 Å². The summed E-state index contributed by atoms with van der Waals surface area (Å²) in [5.41, 5.74) is 0. The van der Waals surface area contributed by atoms with E-state index in [1.165, 1.54) is 14.2 Å². The molecule has 0 amide bonds. The highest BCUT2D eigenvalue weighted by Crippen LogP contribution is 2.24. The zero-order chi connectivity index (χ0) is 15.5. The number of hydrogen-bond donors (Lipinski definition) is 0. The SMILES string of the molecule is COc1nc(OC)nc(N(C)C2CN(c3cnccn3)C2)n1. The molecule has 1 aliphatic heterocycles. The van der Waals surface area contributed by atoms with Gasteiger partial charge in [-0.2, -0.15) is 9.97 Å². The van der Waals surface area contributed by atoms with Crippen LogP contribution in [-0.2, 0) is 0 Å². The summed E-state index contributed by atoms with van der Waals surface area (Å²) in [4.78, 5) is 25.0. The van der Waals surface area contributed by atoms with Crippen molar-refractivity contribution in [2.75, 3.05) is 44.2 Å². The molecule has 3 rings (SSSR count). The van der Waals surface area contributed by atoms with Gasteiger partial charge in [-0.3, -0.25) is 4.98 Å². The number of ether oxygens (including phenoxy) is 2. The third-order valence-corrected chi connectivity index (χ3v) is 3.55. The first-order valence-corrected chi connectivity index (χ1v) is 6.79. The van der Waals surface area contributed by atoms with Crippen molar-refractivity contribution in [1.82, 2.24) is 24.9 Å². The summed E-state index contributed by atoms with van der Waals surface area (Å²) in [5.74, 6) is 1.39. The van der Waals surface area contributed by atoms with E-state index < -0.39 is 0 Å². The van der Waals surface area contributed by atoms with E-state index in [2.05, 4.69) is 29.8 Å². The first-order chi connectivity index (χ1) is 10.7. The van der Waals surface area contributed by atoms with Crippen LogP contribution in [-0.4, -0.2) is 65.3 Å². The van der Waals surface area contributed by atoms with Crippen LogP contribution >= 0.6 is 0 Å². The van der Waals surface area contributed by atoms with Gasteiger partial charge < -0.3 is 19.3 Å². The highest BCUT2D eigenvalue weighted by molar-refractivity contribution is 5.44. The molecule has 2 aromatic rings. The summed E-state index contributed by atoms with van der Waals surface area (Å²) < 4.78 is 10.1. The summed E-state index contributed by atoms with van der Waals surface area (Å²) in [7, 11) is 4.96. The lowest BCUT2D eigenvalue weighted by atomic mass is 10.1. The first kappa shape index (κ1) is 14.2. The summed E-state index contributed by atoms with van der Waals surface area (Å²) in [6.45, 7) is 1.65. The van der Waals surface area contributed by atoms with Crippen LogP contribution in [0.1, 0.15) is 0 Å². The summed E-state index contributed by atoms with van der Waals surface area (Å²) in [5, 5.41) is 0. The average Bonchev–Trinajstić information content (AvgIpc) is 2.53. The van der Waals surface area contributed by atoms with Crippen molar-refractivity contribution in [2.45, 2.75) is 6.04 Å². The van der Waals surface area contributed by atoms with E-state index >= 15 is 0 Å². The average molecular weight is 303 g/mol. The van der Waals surface area contributed by atoms with Crippen LogP contribution in [0.15, 0.2) is 18.6 Å². The van der Waals surface area contributed by atoms with E-state index in [-0.39, 0.29) is 18.1 Å². The Morgan fingerprint density at radius 3 is 2.32 bits per heavy atom. The van der Waals surface area contributed by atoms with Gasteiger partial charge in [0.25, 0.3) is 0 Å². The van der Waals surface area contributed by atoms with Gasteiger partial charge in [-0.25, -0.2) is 4.98 Å². The molecule has 1 saturated heterocycles.